The van der Waals surface area contributed by atoms with Gasteiger partial charge in [-0.3, -0.25) is 4.79 Å². The molecule has 0 unspecified atom stereocenters. The van der Waals surface area contributed by atoms with Crippen LogP contribution in [0.3, 0.4) is 0 Å². The number of carbonyl (C=O) groups excluding carboxylic acids is 1. The molecule has 0 bridgehead atoms. The lowest BCUT2D eigenvalue weighted by Crippen LogP contribution is -2.01. The Labute approximate surface area is 59.0 Å². The van der Waals surface area contributed by atoms with E-state index in [0.717, 1.165) is 12.8 Å². The van der Waals surface area contributed by atoms with Gasteiger partial charge in [-0.05, 0) is 12.8 Å². The van der Waals surface area contributed by atoms with Gasteiger partial charge in [0.25, 0.3) is 0 Å². The molecule has 0 aromatic heterocycles. The van der Waals surface area contributed by atoms with Crippen molar-refractivity contribution in [3.05, 3.63) is 11.5 Å². The van der Waals surface area contributed by atoms with Gasteiger partial charge in [0.2, 0.25) is 5.78 Å². The molecule has 2 N–H and O–H groups in total. The summed E-state index contributed by atoms with van der Waals surface area (Å²) in [7, 11) is 0. The zero-order valence-corrected chi connectivity index (χ0v) is 5.63. The number of ketones is 1. The lowest BCUT2D eigenvalue weighted by atomic mass is 10.2. The van der Waals surface area contributed by atoms with Crippen LogP contribution in [-0.4, -0.2) is 16.0 Å². The van der Waals surface area contributed by atoms with E-state index in [9.17, 15) is 4.79 Å². The molecule has 0 saturated heterocycles. The Morgan fingerprint density at radius 3 is 2.40 bits per heavy atom. The van der Waals surface area contributed by atoms with Crippen molar-refractivity contribution in [2.75, 3.05) is 0 Å². The predicted molar refractivity (Wildman–Crippen MR) is 35.8 cm³/mol. The zero-order chi connectivity index (χ0) is 7.56. The van der Waals surface area contributed by atoms with Crippen molar-refractivity contribution < 1.29 is 15.0 Å². The van der Waals surface area contributed by atoms with Gasteiger partial charge < -0.3 is 10.2 Å². The molecule has 1 aliphatic carbocycles. The number of hydrogen-bond donors (Lipinski definition) is 2. The van der Waals surface area contributed by atoms with Gasteiger partial charge in [0, 0.05) is 12.8 Å². The van der Waals surface area contributed by atoms with Crippen molar-refractivity contribution in [3.8, 4) is 0 Å². The van der Waals surface area contributed by atoms with Gasteiger partial charge in [-0.25, -0.2) is 0 Å². The fourth-order valence-corrected chi connectivity index (χ4v) is 0.976. The second kappa shape index (κ2) is 2.73. The summed E-state index contributed by atoms with van der Waals surface area (Å²) in [5.74, 6) is -0.921. The summed E-state index contributed by atoms with van der Waals surface area (Å²) in [4.78, 5) is 10.8. The van der Waals surface area contributed by atoms with Gasteiger partial charge in [-0.1, -0.05) is 0 Å². The molecule has 0 fully saturated rings. The Morgan fingerprint density at radius 2 is 1.70 bits per heavy atom. The minimum absolute atomic E-state index is 0.150. The molecule has 1 aliphatic rings. The van der Waals surface area contributed by atoms with Crippen LogP contribution in [0.1, 0.15) is 25.7 Å². The Kier molecular flexibility index (Phi) is 1.94. The molecule has 56 valence electrons. The van der Waals surface area contributed by atoms with Gasteiger partial charge in [-0.15, -0.1) is 0 Å². The van der Waals surface area contributed by atoms with Crippen molar-refractivity contribution >= 4 is 5.78 Å². The quantitative estimate of drug-likeness (QED) is 0.538. The molecule has 0 atom stereocenters. The van der Waals surface area contributed by atoms with Gasteiger partial charge in [0.1, 0.15) is 5.76 Å². The van der Waals surface area contributed by atoms with E-state index in [1.165, 1.54) is 0 Å². The van der Waals surface area contributed by atoms with Crippen molar-refractivity contribution in [2.24, 2.45) is 0 Å². The summed E-state index contributed by atoms with van der Waals surface area (Å²) in [5.41, 5.74) is 0. The standard InChI is InChI=1S/C7H10O3/c8-5-3-1-2-4-6(9)7(5)10/h8,10H,1-4H2. The lowest BCUT2D eigenvalue weighted by molar-refractivity contribution is -0.118. The van der Waals surface area contributed by atoms with Crippen LogP contribution >= 0.6 is 0 Å². The van der Waals surface area contributed by atoms with Crippen LogP contribution in [0.15, 0.2) is 11.5 Å². The average molecular weight is 142 g/mol. The summed E-state index contributed by atoms with van der Waals surface area (Å²) in [5, 5.41) is 17.8. The fourth-order valence-electron chi connectivity index (χ4n) is 0.976. The molecule has 3 heteroatoms. The minimum Gasteiger partial charge on any atom is -0.508 e. The highest BCUT2D eigenvalue weighted by atomic mass is 16.3. The maximum absolute atomic E-state index is 10.8. The first-order valence-electron chi connectivity index (χ1n) is 3.36. The summed E-state index contributed by atoms with van der Waals surface area (Å²) >= 11 is 0. The second-order valence-electron chi connectivity index (χ2n) is 2.43. The largest absolute Gasteiger partial charge is 0.508 e. The molecule has 0 radical (unpaired) electrons. The molecule has 0 heterocycles. The average Bonchev–Trinajstić information content (AvgIpc) is 2.04. The first-order valence-corrected chi connectivity index (χ1v) is 3.36. The number of Topliss-reactive ketones (excluding diaryl/α,β-unsaturated/α-hetero) is 1. The molecular weight excluding hydrogens is 132 g/mol. The van der Waals surface area contributed by atoms with Crippen LogP contribution in [0, 0.1) is 0 Å². The highest BCUT2D eigenvalue weighted by Gasteiger charge is 2.16. The normalized spacial score (nSPS) is 21.0. The third-order valence-electron chi connectivity index (χ3n) is 1.60. The summed E-state index contributed by atoms with van der Waals surface area (Å²) in [6.07, 6.45) is 2.32. The van der Waals surface area contributed by atoms with Crippen LogP contribution in [0.25, 0.3) is 0 Å². The molecule has 0 saturated carbocycles. The van der Waals surface area contributed by atoms with Gasteiger partial charge in [-0.2, -0.15) is 0 Å². The van der Waals surface area contributed by atoms with E-state index in [2.05, 4.69) is 0 Å². The van der Waals surface area contributed by atoms with Crippen LogP contribution < -0.4 is 0 Å². The number of hydrogen-bond acceptors (Lipinski definition) is 3. The highest BCUT2D eigenvalue weighted by molar-refractivity contribution is 5.93. The smallest absolute Gasteiger partial charge is 0.200 e. The summed E-state index contributed by atoms with van der Waals surface area (Å²) in [6, 6.07) is 0. The van der Waals surface area contributed by atoms with Crippen molar-refractivity contribution in [3.63, 3.8) is 0 Å². The highest BCUT2D eigenvalue weighted by Crippen LogP contribution is 2.16. The molecule has 0 aromatic carbocycles. The Bertz CT molecular complexity index is 181. The van der Waals surface area contributed by atoms with E-state index in [1.54, 1.807) is 0 Å². The monoisotopic (exact) mass is 142 g/mol. The van der Waals surface area contributed by atoms with Gasteiger partial charge in [0.05, 0.1) is 0 Å². The Hall–Kier alpha value is -0.990. The molecule has 0 aliphatic heterocycles. The minimum atomic E-state index is -0.433. The van der Waals surface area contributed by atoms with Gasteiger partial charge >= 0.3 is 0 Å². The number of aliphatic hydroxyl groups is 2. The molecule has 0 spiro atoms. The second-order valence-corrected chi connectivity index (χ2v) is 2.43. The molecule has 1 rings (SSSR count). The van der Waals surface area contributed by atoms with Gasteiger partial charge in [0.15, 0.2) is 5.76 Å². The molecular formula is C7H10O3. The van der Waals surface area contributed by atoms with Crippen molar-refractivity contribution in [1.82, 2.24) is 0 Å². The number of rotatable bonds is 0. The Morgan fingerprint density at radius 1 is 1.10 bits per heavy atom. The Balaban J connectivity index is 2.79. The maximum atomic E-state index is 10.8. The first-order chi connectivity index (χ1) is 4.72. The van der Waals surface area contributed by atoms with E-state index in [-0.39, 0.29) is 11.5 Å². The molecule has 0 aromatic rings. The molecule has 10 heavy (non-hydrogen) atoms. The van der Waals surface area contributed by atoms with Crippen molar-refractivity contribution in [1.29, 1.82) is 0 Å². The number of allylic oxidation sites excluding steroid dienone is 2. The fraction of sp³-hybridized carbons (Fsp3) is 0.571. The van der Waals surface area contributed by atoms with E-state index >= 15 is 0 Å². The third-order valence-corrected chi connectivity index (χ3v) is 1.60. The van der Waals surface area contributed by atoms with E-state index < -0.39 is 5.76 Å². The molecule has 0 amide bonds. The van der Waals surface area contributed by atoms with Crippen molar-refractivity contribution in [2.45, 2.75) is 25.7 Å². The van der Waals surface area contributed by atoms with Crippen LogP contribution in [0.2, 0.25) is 0 Å². The first kappa shape index (κ1) is 7.12. The SMILES string of the molecule is O=C1CCCCC(O)=C1O. The van der Waals surface area contributed by atoms with Crippen LogP contribution in [-0.2, 0) is 4.79 Å². The van der Waals surface area contributed by atoms with E-state index in [1.807, 2.05) is 0 Å². The van der Waals surface area contributed by atoms with E-state index in [0.29, 0.717) is 12.8 Å². The lowest BCUT2D eigenvalue weighted by Gasteiger charge is -1.95. The number of aliphatic hydroxyl groups excluding tert-OH is 2. The van der Waals surface area contributed by atoms with Crippen LogP contribution in [0.4, 0.5) is 0 Å². The topological polar surface area (TPSA) is 57.5 Å². The molecule has 3 nitrogen and oxygen atoms in total. The maximum Gasteiger partial charge on any atom is 0.200 e. The predicted octanol–water partition coefficient (Wildman–Crippen LogP) is 1.46. The van der Waals surface area contributed by atoms with Crippen LogP contribution in [0.5, 0.6) is 0 Å². The summed E-state index contributed by atoms with van der Waals surface area (Å²) in [6.45, 7) is 0. The summed E-state index contributed by atoms with van der Waals surface area (Å²) < 4.78 is 0. The third kappa shape index (κ3) is 1.29. The zero-order valence-electron chi connectivity index (χ0n) is 5.63. The number of carbonyl (C=O) groups is 1. The van der Waals surface area contributed by atoms with E-state index in [4.69, 9.17) is 10.2 Å².